The number of benzene rings is 5. The van der Waals surface area contributed by atoms with E-state index in [-0.39, 0.29) is 0 Å². The number of fused-ring (bicyclic) bond motifs is 3. The van der Waals surface area contributed by atoms with Crippen molar-refractivity contribution >= 4 is 45.0 Å². The van der Waals surface area contributed by atoms with E-state index in [0.717, 1.165) is 61.4 Å². The number of hydrogen-bond donors (Lipinski definition) is 1. The maximum absolute atomic E-state index is 6.77. The molecule has 2 heterocycles. The summed E-state index contributed by atoms with van der Waals surface area (Å²) in [4.78, 5) is 5.26. The third-order valence-corrected chi connectivity index (χ3v) is 8.68. The van der Waals surface area contributed by atoms with E-state index in [2.05, 4.69) is 11.4 Å². The first kappa shape index (κ1) is 31.5. The van der Waals surface area contributed by atoms with Crippen LogP contribution in [0.5, 0.6) is 23.0 Å². The summed E-state index contributed by atoms with van der Waals surface area (Å²) in [7, 11) is 3.26. The van der Waals surface area contributed by atoms with Crippen LogP contribution in [0.4, 0.5) is 0 Å². The molecule has 1 N–H and O–H groups in total. The van der Waals surface area contributed by atoms with Gasteiger partial charge in [0.15, 0.2) is 17.1 Å². The minimum absolute atomic E-state index is 0.476. The normalized spacial score (nSPS) is 11.2. The summed E-state index contributed by atoms with van der Waals surface area (Å²) in [6.45, 7) is 1.57. The number of aromatic nitrogens is 3. The number of rotatable bonds is 11. The van der Waals surface area contributed by atoms with Gasteiger partial charge in [-0.25, -0.2) is 9.67 Å². The molecule has 7 aromatic rings. The van der Waals surface area contributed by atoms with E-state index in [1.54, 1.807) is 14.2 Å². The second kappa shape index (κ2) is 14.0. The maximum atomic E-state index is 6.77. The van der Waals surface area contributed by atoms with Gasteiger partial charge in [0.2, 0.25) is 0 Å². The highest BCUT2D eigenvalue weighted by molar-refractivity contribution is 6.34. The molecule has 48 heavy (non-hydrogen) atoms. The highest BCUT2D eigenvalue weighted by atomic mass is 35.5. The van der Waals surface area contributed by atoms with Crippen LogP contribution < -0.4 is 19.5 Å². The summed E-state index contributed by atoms with van der Waals surface area (Å²) < 4.78 is 19.5. The van der Waals surface area contributed by atoms with Crippen molar-refractivity contribution in [1.29, 1.82) is 0 Å². The van der Waals surface area contributed by atoms with Gasteiger partial charge in [0.05, 0.1) is 37.5 Å². The highest BCUT2D eigenvalue weighted by Crippen LogP contribution is 2.42. The van der Waals surface area contributed by atoms with Gasteiger partial charge in [-0.15, -0.1) is 0 Å². The lowest BCUT2D eigenvalue weighted by Crippen LogP contribution is -2.14. The molecule has 0 aliphatic heterocycles. The van der Waals surface area contributed by atoms with Crippen molar-refractivity contribution in [3.63, 3.8) is 0 Å². The number of para-hydroxylation sites is 1. The Hall–Kier alpha value is -5.08. The molecule has 0 saturated heterocycles. The second-order valence-corrected chi connectivity index (χ2v) is 12.1. The molecule has 7 nitrogen and oxygen atoms in total. The lowest BCUT2D eigenvalue weighted by molar-refractivity contribution is 0.356. The van der Waals surface area contributed by atoms with Gasteiger partial charge >= 0.3 is 0 Å². The van der Waals surface area contributed by atoms with Crippen molar-refractivity contribution in [2.75, 3.05) is 14.2 Å². The fourth-order valence-electron chi connectivity index (χ4n) is 5.91. The summed E-state index contributed by atoms with van der Waals surface area (Å²) in [6.07, 6.45) is 0. The predicted molar refractivity (Wildman–Crippen MR) is 193 cm³/mol. The van der Waals surface area contributed by atoms with Gasteiger partial charge < -0.3 is 19.5 Å². The van der Waals surface area contributed by atoms with Crippen LogP contribution in [0, 0.1) is 0 Å². The van der Waals surface area contributed by atoms with Crippen LogP contribution in [-0.4, -0.2) is 29.0 Å². The fraction of sp³-hybridized carbons (Fsp3) is 0.128. The predicted octanol–water partition coefficient (Wildman–Crippen LogP) is 9.71. The minimum atomic E-state index is 0.476. The first-order chi connectivity index (χ1) is 23.5. The lowest BCUT2D eigenvalue weighted by Gasteiger charge is -2.14. The Labute approximate surface area is 288 Å². The monoisotopic (exact) mass is 674 g/mol. The van der Waals surface area contributed by atoms with Gasteiger partial charge in [-0.3, -0.25) is 0 Å². The molecule has 0 spiro atoms. The van der Waals surface area contributed by atoms with E-state index in [0.29, 0.717) is 41.2 Å². The van der Waals surface area contributed by atoms with Gasteiger partial charge in [-0.05, 0) is 65.7 Å². The number of hydrogen-bond acceptors (Lipinski definition) is 6. The van der Waals surface area contributed by atoms with Crippen molar-refractivity contribution in [2.24, 2.45) is 0 Å². The maximum Gasteiger partial charge on any atom is 0.161 e. The van der Waals surface area contributed by atoms with Crippen LogP contribution in [0.3, 0.4) is 0 Å². The fourth-order valence-corrected chi connectivity index (χ4v) is 6.35. The third kappa shape index (κ3) is 6.53. The Morgan fingerprint density at radius 1 is 0.688 bits per heavy atom. The highest BCUT2D eigenvalue weighted by Gasteiger charge is 2.22. The van der Waals surface area contributed by atoms with Crippen molar-refractivity contribution < 1.29 is 14.2 Å². The molecular weight excluding hydrogens is 643 g/mol. The van der Waals surface area contributed by atoms with Gasteiger partial charge in [0.25, 0.3) is 0 Å². The lowest BCUT2D eigenvalue weighted by atomic mass is 10.00. The smallest absolute Gasteiger partial charge is 0.161 e. The number of ether oxygens (including phenoxy) is 3. The van der Waals surface area contributed by atoms with E-state index in [4.69, 9.17) is 47.5 Å². The standard InChI is InChI=1S/C39H32Cl2N4O3/c1-46-35-20-31-32(21-36(35)47-2)38(30-16-6-7-17-33(30)41)43-39-37(31)34(44-45(39)24-26-11-8-12-27(40)18-26)23-42-22-25-10-9-15-29(19-25)48-28-13-4-3-5-14-28/h3-21,42H,22-24H2,1-2H3. The minimum Gasteiger partial charge on any atom is -0.493 e. The number of nitrogens with zero attached hydrogens (tertiary/aromatic N) is 3. The first-order valence-corrected chi connectivity index (χ1v) is 16.2. The Kier molecular flexibility index (Phi) is 9.16. The third-order valence-electron chi connectivity index (χ3n) is 8.11. The van der Waals surface area contributed by atoms with Gasteiger partial charge in [0, 0.05) is 39.5 Å². The summed E-state index contributed by atoms with van der Waals surface area (Å²) in [5.74, 6) is 2.78. The molecule has 240 valence electrons. The van der Waals surface area contributed by atoms with E-state index < -0.39 is 0 Å². The molecule has 0 amide bonds. The SMILES string of the molecule is COc1cc2c(-c3ccccc3Cl)nc3c(c(CNCc4cccc(Oc5ccccc5)c4)nn3Cc3cccc(Cl)c3)c2cc1OC. The van der Waals surface area contributed by atoms with Gasteiger partial charge in [-0.2, -0.15) is 5.10 Å². The molecule has 0 unspecified atom stereocenters. The number of methoxy groups -OCH3 is 2. The van der Waals surface area contributed by atoms with Crippen LogP contribution in [-0.2, 0) is 19.6 Å². The molecule has 0 fully saturated rings. The largest absolute Gasteiger partial charge is 0.493 e. The molecule has 0 aliphatic rings. The topological polar surface area (TPSA) is 70.4 Å². The summed E-state index contributed by atoms with van der Waals surface area (Å²) in [6, 6.07) is 37.3. The first-order valence-electron chi connectivity index (χ1n) is 15.5. The van der Waals surface area contributed by atoms with Crippen LogP contribution in [0.2, 0.25) is 10.0 Å². The molecular formula is C39H32Cl2N4O3. The van der Waals surface area contributed by atoms with Crippen LogP contribution in [0.15, 0.2) is 115 Å². The summed E-state index contributed by atoms with van der Waals surface area (Å²) in [5, 5.41) is 12.7. The molecule has 5 aromatic carbocycles. The zero-order valence-electron chi connectivity index (χ0n) is 26.4. The van der Waals surface area contributed by atoms with E-state index in [1.165, 1.54) is 0 Å². The Morgan fingerprint density at radius 3 is 2.17 bits per heavy atom. The molecule has 0 saturated carbocycles. The Morgan fingerprint density at radius 2 is 1.40 bits per heavy atom. The van der Waals surface area contributed by atoms with E-state index >= 15 is 0 Å². The molecule has 0 radical (unpaired) electrons. The molecule has 9 heteroatoms. The molecule has 0 atom stereocenters. The van der Waals surface area contributed by atoms with Gasteiger partial charge in [0.1, 0.15) is 11.5 Å². The zero-order chi connectivity index (χ0) is 33.0. The summed E-state index contributed by atoms with van der Waals surface area (Å²) >= 11 is 13.1. The van der Waals surface area contributed by atoms with E-state index in [1.807, 2.05) is 114 Å². The van der Waals surface area contributed by atoms with E-state index in [9.17, 15) is 0 Å². The zero-order valence-corrected chi connectivity index (χ0v) is 27.9. The molecule has 0 bridgehead atoms. The number of nitrogens with one attached hydrogen (secondary N) is 1. The van der Waals surface area contributed by atoms with Crippen LogP contribution in [0.25, 0.3) is 33.1 Å². The molecule has 2 aromatic heterocycles. The quantitative estimate of drug-likeness (QED) is 0.147. The molecule has 7 rings (SSSR count). The van der Waals surface area contributed by atoms with Crippen molar-refractivity contribution in [1.82, 2.24) is 20.1 Å². The second-order valence-electron chi connectivity index (χ2n) is 11.3. The average Bonchev–Trinajstić information content (AvgIpc) is 3.44. The van der Waals surface area contributed by atoms with Gasteiger partial charge in [-0.1, -0.05) is 83.9 Å². The number of halogens is 2. The van der Waals surface area contributed by atoms with Crippen LogP contribution >= 0.6 is 23.2 Å². The summed E-state index contributed by atoms with van der Waals surface area (Å²) in [5.41, 5.74) is 5.20. The van der Waals surface area contributed by atoms with Crippen LogP contribution in [0.1, 0.15) is 16.8 Å². The average molecular weight is 676 g/mol. The molecule has 0 aliphatic carbocycles. The van der Waals surface area contributed by atoms with Crippen molar-refractivity contribution in [2.45, 2.75) is 19.6 Å². The number of pyridine rings is 1. The Balaban J connectivity index is 1.32. The van der Waals surface area contributed by atoms with Crippen molar-refractivity contribution in [3.8, 4) is 34.3 Å². The van der Waals surface area contributed by atoms with Crippen molar-refractivity contribution in [3.05, 3.63) is 142 Å². The Bertz CT molecular complexity index is 2240.